The molecule has 0 saturated heterocycles. The average Bonchev–Trinajstić information content (AvgIpc) is 3.30. The number of aliphatic hydroxyl groups excluding tert-OH is 2. The van der Waals surface area contributed by atoms with Crippen LogP contribution in [0.5, 0.6) is 0 Å². The minimum Gasteiger partial charge on any atom is -0.391 e. The molecule has 0 aromatic carbocycles. The molecule has 0 aromatic heterocycles. The Kier molecular flexibility index (Phi) is 7.23. The second-order valence-electron chi connectivity index (χ2n) is 7.46. The van der Waals surface area contributed by atoms with Gasteiger partial charge in [-0.15, -0.1) is 0 Å². The number of hydrogen-bond acceptors (Lipinski definition) is 4. The third kappa shape index (κ3) is 4.28. The first-order chi connectivity index (χ1) is 11.1. The number of rotatable bonds is 9. The number of amides is 2. The molecule has 4 unspecified atom stereocenters. The molecule has 140 valence electrons. The molecule has 0 radical (unpaired) electrons. The highest BCUT2D eigenvalue weighted by Gasteiger charge is 2.65. The Balaban J connectivity index is 2.76. The smallest absolute Gasteiger partial charge is 0.227 e. The van der Waals surface area contributed by atoms with Crippen LogP contribution in [0.3, 0.4) is 0 Å². The first-order valence-corrected chi connectivity index (χ1v) is 9.09. The fourth-order valence-corrected chi connectivity index (χ4v) is 3.32. The quantitative estimate of drug-likeness (QED) is 0.506. The van der Waals surface area contributed by atoms with E-state index in [2.05, 4.69) is 10.6 Å². The normalized spacial score (nSPS) is 28.0. The van der Waals surface area contributed by atoms with Gasteiger partial charge in [-0.25, -0.2) is 0 Å². The summed E-state index contributed by atoms with van der Waals surface area (Å²) in [5, 5.41) is 25.4. The highest BCUT2D eigenvalue weighted by molar-refractivity contribution is 5.96. The van der Waals surface area contributed by atoms with Gasteiger partial charge < -0.3 is 20.8 Å². The van der Waals surface area contributed by atoms with Crippen molar-refractivity contribution >= 4 is 11.8 Å². The maximum absolute atomic E-state index is 12.7. The summed E-state index contributed by atoms with van der Waals surface area (Å²) in [5.74, 6) is -0.704. The molecule has 6 heteroatoms. The zero-order valence-corrected chi connectivity index (χ0v) is 15.8. The molecule has 2 amide bonds. The van der Waals surface area contributed by atoms with Crippen LogP contribution in [0.1, 0.15) is 60.8 Å². The van der Waals surface area contributed by atoms with Crippen molar-refractivity contribution in [2.75, 3.05) is 0 Å². The van der Waals surface area contributed by atoms with E-state index in [1.165, 1.54) is 0 Å². The van der Waals surface area contributed by atoms with Gasteiger partial charge in [-0.3, -0.25) is 9.59 Å². The SMILES string of the molecule is CCC(O)C(C)NC(=O)[C@H]1C[C@]1(C(=O)NC(C)C(O)CC)C(C)C. The predicted molar refractivity (Wildman–Crippen MR) is 93.2 cm³/mol. The zero-order valence-electron chi connectivity index (χ0n) is 15.8. The molecular weight excluding hydrogens is 308 g/mol. The Bertz CT molecular complexity index is 454. The second kappa shape index (κ2) is 8.30. The minimum atomic E-state index is -0.720. The van der Waals surface area contributed by atoms with Crippen molar-refractivity contribution < 1.29 is 19.8 Å². The molecule has 0 spiro atoms. The van der Waals surface area contributed by atoms with Gasteiger partial charge in [-0.05, 0) is 39.0 Å². The van der Waals surface area contributed by atoms with E-state index >= 15 is 0 Å². The summed E-state index contributed by atoms with van der Waals surface area (Å²) < 4.78 is 0. The highest BCUT2D eigenvalue weighted by atomic mass is 16.3. The van der Waals surface area contributed by atoms with Crippen LogP contribution in [0.4, 0.5) is 0 Å². The first-order valence-electron chi connectivity index (χ1n) is 9.09. The van der Waals surface area contributed by atoms with Crippen LogP contribution in [0.15, 0.2) is 0 Å². The molecule has 1 saturated carbocycles. The molecule has 1 aliphatic carbocycles. The average molecular weight is 342 g/mol. The minimum absolute atomic E-state index is 0.0191. The maximum Gasteiger partial charge on any atom is 0.227 e. The molecule has 1 fully saturated rings. The Hall–Kier alpha value is -1.14. The van der Waals surface area contributed by atoms with Crippen molar-refractivity contribution in [3.8, 4) is 0 Å². The highest BCUT2D eigenvalue weighted by Crippen LogP contribution is 2.58. The van der Waals surface area contributed by atoms with Gasteiger partial charge >= 0.3 is 0 Å². The van der Waals surface area contributed by atoms with Crippen LogP contribution in [0, 0.1) is 17.3 Å². The van der Waals surface area contributed by atoms with Crippen LogP contribution in [0.25, 0.3) is 0 Å². The van der Waals surface area contributed by atoms with Crippen molar-refractivity contribution in [2.45, 2.75) is 85.1 Å². The summed E-state index contributed by atoms with van der Waals surface area (Å²) in [6, 6.07) is -0.680. The lowest BCUT2D eigenvalue weighted by Gasteiger charge is -2.26. The topological polar surface area (TPSA) is 98.7 Å². The summed E-state index contributed by atoms with van der Waals surface area (Å²) in [7, 11) is 0. The zero-order chi connectivity index (χ0) is 18.7. The Morgan fingerprint density at radius 3 is 1.88 bits per heavy atom. The number of carbonyl (C=O) groups excluding carboxylic acids is 2. The lowest BCUT2D eigenvalue weighted by molar-refractivity contribution is -0.134. The summed E-state index contributed by atoms with van der Waals surface area (Å²) in [6.45, 7) is 11.1. The molecule has 0 bridgehead atoms. The Morgan fingerprint density at radius 1 is 1.00 bits per heavy atom. The second-order valence-corrected chi connectivity index (χ2v) is 7.46. The van der Waals surface area contributed by atoms with Crippen LogP contribution < -0.4 is 10.6 Å². The van der Waals surface area contributed by atoms with Crippen molar-refractivity contribution in [2.24, 2.45) is 17.3 Å². The first kappa shape index (κ1) is 20.9. The van der Waals surface area contributed by atoms with E-state index in [1.54, 1.807) is 13.8 Å². The van der Waals surface area contributed by atoms with Crippen molar-refractivity contribution in [3.05, 3.63) is 0 Å². The molecule has 24 heavy (non-hydrogen) atoms. The molecule has 1 rings (SSSR count). The largest absolute Gasteiger partial charge is 0.391 e. The van der Waals surface area contributed by atoms with Gasteiger partial charge in [0.1, 0.15) is 0 Å². The van der Waals surface area contributed by atoms with Crippen molar-refractivity contribution in [1.82, 2.24) is 10.6 Å². The summed E-state index contributed by atoms with van der Waals surface area (Å²) in [5.41, 5.74) is -0.720. The van der Waals surface area contributed by atoms with E-state index < -0.39 is 17.6 Å². The molecular formula is C18H34N2O4. The lowest BCUT2D eigenvalue weighted by Crippen LogP contribution is -2.48. The lowest BCUT2D eigenvalue weighted by atomic mass is 9.87. The number of aliphatic hydroxyl groups is 2. The van der Waals surface area contributed by atoms with Crippen LogP contribution >= 0.6 is 0 Å². The molecule has 6 atom stereocenters. The molecule has 1 aliphatic rings. The van der Waals surface area contributed by atoms with Crippen LogP contribution in [0.2, 0.25) is 0 Å². The third-order valence-electron chi connectivity index (χ3n) is 5.49. The van der Waals surface area contributed by atoms with Gasteiger partial charge in [0.05, 0.1) is 35.6 Å². The monoisotopic (exact) mass is 342 g/mol. The van der Waals surface area contributed by atoms with Gasteiger partial charge in [0, 0.05) is 0 Å². The predicted octanol–water partition coefficient (Wildman–Crippen LogP) is 1.20. The van der Waals surface area contributed by atoms with E-state index in [1.807, 2.05) is 27.7 Å². The third-order valence-corrected chi connectivity index (χ3v) is 5.49. The number of nitrogens with one attached hydrogen (secondary N) is 2. The van der Waals surface area contributed by atoms with E-state index in [0.29, 0.717) is 19.3 Å². The van der Waals surface area contributed by atoms with E-state index in [0.717, 1.165) is 0 Å². The fraction of sp³-hybridized carbons (Fsp3) is 0.889. The molecule has 0 heterocycles. The summed E-state index contributed by atoms with van der Waals surface area (Å²) >= 11 is 0. The van der Waals surface area contributed by atoms with Crippen molar-refractivity contribution in [1.29, 1.82) is 0 Å². The van der Waals surface area contributed by atoms with Gasteiger partial charge in [-0.1, -0.05) is 27.7 Å². The molecule has 0 aromatic rings. The van der Waals surface area contributed by atoms with E-state index in [9.17, 15) is 19.8 Å². The molecule has 6 nitrogen and oxygen atoms in total. The summed E-state index contributed by atoms with van der Waals surface area (Å²) in [6.07, 6.45) is 0.450. The van der Waals surface area contributed by atoms with Crippen LogP contribution in [-0.4, -0.2) is 46.3 Å². The number of hydrogen-bond donors (Lipinski definition) is 4. The Labute approximate surface area is 145 Å². The van der Waals surface area contributed by atoms with Crippen molar-refractivity contribution in [3.63, 3.8) is 0 Å². The standard InChI is InChI=1S/C18H34N2O4/c1-7-14(21)11(5)19-16(23)13-9-18(13,10(3)4)17(24)20-12(6)15(22)8-2/h10-15,21-22H,7-9H2,1-6H3,(H,19,23)(H,20,24)/t11?,12?,13-,14?,15?,18+/m1/s1. The molecule has 4 N–H and O–H groups in total. The number of carbonyl (C=O) groups is 2. The van der Waals surface area contributed by atoms with Gasteiger partial charge in [0.25, 0.3) is 0 Å². The van der Waals surface area contributed by atoms with E-state index in [-0.39, 0.29) is 35.7 Å². The van der Waals surface area contributed by atoms with E-state index in [4.69, 9.17) is 0 Å². The van der Waals surface area contributed by atoms with Crippen LogP contribution in [-0.2, 0) is 9.59 Å². The van der Waals surface area contributed by atoms with Gasteiger partial charge in [-0.2, -0.15) is 0 Å². The van der Waals surface area contributed by atoms with Gasteiger partial charge in [0.2, 0.25) is 11.8 Å². The molecule has 0 aliphatic heterocycles. The Morgan fingerprint density at radius 2 is 1.46 bits per heavy atom. The van der Waals surface area contributed by atoms with Gasteiger partial charge in [0.15, 0.2) is 0 Å². The summed E-state index contributed by atoms with van der Waals surface area (Å²) in [4.78, 5) is 25.2. The maximum atomic E-state index is 12.7. The fourth-order valence-electron chi connectivity index (χ4n) is 3.32.